The van der Waals surface area contributed by atoms with Gasteiger partial charge in [0.05, 0.1) is 21.0 Å². The Morgan fingerprint density at radius 1 is 1.53 bits per heavy atom. The van der Waals surface area contributed by atoms with E-state index in [1.54, 1.807) is 17.8 Å². The molecule has 0 spiro atoms. The summed E-state index contributed by atoms with van der Waals surface area (Å²) in [4.78, 5) is 4.29. The van der Waals surface area contributed by atoms with Crippen molar-refractivity contribution in [3.8, 4) is 0 Å². The van der Waals surface area contributed by atoms with Gasteiger partial charge in [0.15, 0.2) is 0 Å². The number of rotatable bonds is 5. The third-order valence-corrected chi connectivity index (χ3v) is 4.95. The van der Waals surface area contributed by atoms with E-state index in [9.17, 15) is 5.11 Å². The Morgan fingerprint density at radius 3 is 3.05 bits per heavy atom. The normalized spacial score (nSPS) is 12.9. The predicted octanol–water partition coefficient (Wildman–Crippen LogP) is 3.56. The SMILES string of the molecule is C=c1nc2cc(Cl)c(=C(O)CSCCCC)cc2s1. The summed E-state index contributed by atoms with van der Waals surface area (Å²) in [7, 11) is 0. The fourth-order valence-electron chi connectivity index (χ4n) is 1.71. The Balaban J connectivity index is 2.31. The molecule has 0 aliphatic heterocycles. The van der Waals surface area contributed by atoms with Crippen molar-refractivity contribution >= 4 is 57.3 Å². The first-order chi connectivity index (χ1) is 9.11. The van der Waals surface area contributed by atoms with Crippen LogP contribution in [0.1, 0.15) is 19.8 Å². The molecule has 1 heterocycles. The minimum Gasteiger partial charge on any atom is -0.511 e. The smallest absolute Gasteiger partial charge is 0.111 e. The topological polar surface area (TPSA) is 33.1 Å². The number of hydrogen-bond acceptors (Lipinski definition) is 4. The molecule has 0 saturated carbocycles. The van der Waals surface area contributed by atoms with Crippen molar-refractivity contribution in [2.24, 2.45) is 0 Å². The van der Waals surface area contributed by atoms with Crippen LogP contribution in [0.15, 0.2) is 12.1 Å². The van der Waals surface area contributed by atoms with Crippen molar-refractivity contribution in [3.63, 3.8) is 0 Å². The van der Waals surface area contributed by atoms with Crippen molar-refractivity contribution in [2.75, 3.05) is 11.5 Å². The number of thiazole rings is 1. The van der Waals surface area contributed by atoms with Gasteiger partial charge in [-0.2, -0.15) is 11.8 Å². The molecule has 0 amide bonds. The molecule has 0 saturated heterocycles. The van der Waals surface area contributed by atoms with E-state index >= 15 is 0 Å². The molecule has 19 heavy (non-hydrogen) atoms. The summed E-state index contributed by atoms with van der Waals surface area (Å²) in [6, 6.07) is 3.70. The molecule has 2 nitrogen and oxygen atoms in total. The molecule has 0 atom stereocenters. The summed E-state index contributed by atoms with van der Waals surface area (Å²) >= 11 is 9.44. The van der Waals surface area contributed by atoms with Crippen LogP contribution < -0.4 is 9.88 Å². The monoisotopic (exact) mass is 313 g/mol. The predicted molar refractivity (Wildman–Crippen MR) is 87.7 cm³/mol. The first-order valence-electron chi connectivity index (χ1n) is 6.16. The largest absolute Gasteiger partial charge is 0.511 e. The molecule has 2 aromatic rings. The highest BCUT2D eigenvalue weighted by Crippen LogP contribution is 2.17. The van der Waals surface area contributed by atoms with Gasteiger partial charge in [-0.05, 0) is 24.3 Å². The van der Waals surface area contributed by atoms with Gasteiger partial charge in [-0.25, -0.2) is 4.98 Å². The van der Waals surface area contributed by atoms with Crippen LogP contribution >= 0.6 is 34.7 Å². The second-order valence-corrected chi connectivity index (χ2v) is 6.89. The fraction of sp³-hybridized carbons (Fsp3) is 0.357. The number of benzene rings is 1. The van der Waals surface area contributed by atoms with Gasteiger partial charge in [0, 0.05) is 5.22 Å². The standard InChI is InChI=1S/C14H16ClNOS2/c1-3-4-5-18-8-13(17)10-6-14-12(7-11(10)15)16-9(2)19-14/h6-7,17H,2-5,8H2,1H3. The molecule has 0 aliphatic carbocycles. The molecule has 102 valence electrons. The van der Waals surface area contributed by atoms with Gasteiger partial charge in [-0.3, -0.25) is 0 Å². The Kier molecular flexibility index (Phi) is 5.13. The van der Waals surface area contributed by atoms with E-state index in [1.807, 2.05) is 6.07 Å². The molecule has 2 rings (SSSR count). The van der Waals surface area contributed by atoms with E-state index < -0.39 is 0 Å². The minimum absolute atomic E-state index is 0.340. The van der Waals surface area contributed by atoms with Gasteiger partial charge in [0.1, 0.15) is 10.4 Å². The van der Waals surface area contributed by atoms with E-state index in [4.69, 9.17) is 11.6 Å². The van der Waals surface area contributed by atoms with Gasteiger partial charge < -0.3 is 5.11 Å². The number of hydrogen-bond donors (Lipinski definition) is 1. The highest BCUT2D eigenvalue weighted by atomic mass is 35.5. The molecule has 1 N–H and O–H groups in total. The summed E-state index contributed by atoms with van der Waals surface area (Å²) < 4.78 is 1.77. The lowest BCUT2D eigenvalue weighted by molar-refractivity contribution is 0.501. The molecular weight excluding hydrogens is 298 g/mol. The second-order valence-electron chi connectivity index (χ2n) is 4.26. The average molecular weight is 314 g/mol. The van der Waals surface area contributed by atoms with Crippen molar-refractivity contribution < 1.29 is 5.11 Å². The van der Waals surface area contributed by atoms with E-state index in [1.165, 1.54) is 24.2 Å². The lowest BCUT2D eigenvalue weighted by atomic mass is 10.2. The van der Waals surface area contributed by atoms with Crippen LogP contribution in [0.3, 0.4) is 0 Å². The molecule has 0 unspecified atom stereocenters. The molecule has 1 aromatic carbocycles. The van der Waals surface area contributed by atoms with Gasteiger partial charge in [0.2, 0.25) is 0 Å². The van der Waals surface area contributed by atoms with Crippen LogP contribution in [0.25, 0.3) is 22.6 Å². The van der Waals surface area contributed by atoms with Crippen LogP contribution in [0.2, 0.25) is 5.02 Å². The molecule has 1 aromatic heterocycles. The van der Waals surface area contributed by atoms with Gasteiger partial charge in [-0.1, -0.05) is 31.5 Å². The number of thioether (sulfide) groups is 1. The van der Waals surface area contributed by atoms with Crippen molar-refractivity contribution in [1.29, 1.82) is 0 Å². The van der Waals surface area contributed by atoms with E-state index in [2.05, 4.69) is 18.5 Å². The number of aliphatic hydroxyl groups excluding tert-OH is 1. The van der Waals surface area contributed by atoms with Crippen LogP contribution in [-0.2, 0) is 0 Å². The zero-order chi connectivity index (χ0) is 13.8. The van der Waals surface area contributed by atoms with Gasteiger partial charge >= 0.3 is 0 Å². The maximum absolute atomic E-state index is 10.1. The van der Waals surface area contributed by atoms with E-state index in [0.717, 1.165) is 20.6 Å². The molecule has 0 fully saturated rings. The van der Waals surface area contributed by atoms with Crippen LogP contribution in [0.5, 0.6) is 0 Å². The highest BCUT2D eigenvalue weighted by Gasteiger charge is 2.05. The number of aliphatic hydroxyl groups is 1. The second kappa shape index (κ2) is 6.64. The maximum Gasteiger partial charge on any atom is 0.111 e. The number of unbranched alkanes of at least 4 members (excludes halogenated alkanes) is 1. The molecule has 5 heteroatoms. The molecule has 0 bridgehead atoms. The number of nitrogens with zero attached hydrogens (tertiary/aromatic N) is 1. The maximum atomic E-state index is 10.1. The lowest BCUT2D eigenvalue weighted by Gasteiger charge is -2.02. The number of fused-ring (bicyclic) bond motifs is 1. The van der Waals surface area contributed by atoms with Crippen molar-refractivity contribution in [1.82, 2.24) is 4.98 Å². The van der Waals surface area contributed by atoms with Crippen molar-refractivity contribution in [3.05, 3.63) is 27.0 Å². The summed E-state index contributed by atoms with van der Waals surface area (Å²) in [5.41, 5.74) is 0.843. The van der Waals surface area contributed by atoms with Crippen LogP contribution in [0.4, 0.5) is 0 Å². The summed E-state index contributed by atoms with van der Waals surface area (Å²) in [5.74, 6) is 2.00. The van der Waals surface area contributed by atoms with Crippen LogP contribution in [0, 0.1) is 0 Å². The quantitative estimate of drug-likeness (QED) is 0.857. The van der Waals surface area contributed by atoms with Gasteiger partial charge in [-0.15, -0.1) is 11.3 Å². The zero-order valence-electron chi connectivity index (χ0n) is 10.8. The van der Waals surface area contributed by atoms with Crippen LogP contribution in [-0.4, -0.2) is 21.6 Å². The summed E-state index contributed by atoms with van der Waals surface area (Å²) in [6.45, 7) is 5.98. The van der Waals surface area contributed by atoms with Crippen molar-refractivity contribution in [2.45, 2.75) is 19.8 Å². The molecular formula is C14H16ClNOS2. The summed E-state index contributed by atoms with van der Waals surface area (Å²) in [5, 5.41) is 11.4. The Bertz CT molecular complexity index is 681. The third kappa shape index (κ3) is 3.65. The third-order valence-electron chi connectivity index (χ3n) is 2.71. The van der Waals surface area contributed by atoms with E-state index in [-0.39, 0.29) is 0 Å². The molecule has 0 aliphatic rings. The first kappa shape index (κ1) is 14.7. The van der Waals surface area contributed by atoms with Gasteiger partial charge in [0.25, 0.3) is 0 Å². The Morgan fingerprint density at radius 2 is 2.32 bits per heavy atom. The first-order valence-corrected chi connectivity index (χ1v) is 8.51. The zero-order valence-corrected chi connectivity index (χ0v) is 13.2. The minimum atomic E-state index is 0.340. The Hall–Kier alpha value is -0.710. The summed E-state index contributed by atoms with van der Waals surface area (Å²) in [6.07, 6.45) is 2.35. The average Bonchev–Trinajstić information content (AvgIpc) is 2.72. The van der Waals surface area contributed by atoms with E-state index in [0.29, 0.717) is 21.8 Å². The highest BCUT2D eigenvalue weighted by molar-refractivity contribution is 7.99. The Labute approximate surface area is 125 Å². The number of aromatic nitrogens is 1. The lowest BCUT2D eigenvalue weighted by Crippen LogP contribution is -2.09. The number of halogens is 1. The molecule has 0 radical (unpaired) electrons. The fourth-order valence-corrected chi connectivity index (χ4v) is 3.75.